The Morgan fingerprint density at radius 3 is 2.70 bits per heavy atom. The van der Waals surface area contributed by atoms with E-state index in [1.54, 1.807) is 36.2 Å². The molecule has 0 aliphatic carbocycles. The molecule has 2 heterocycles. The molecule has 1 fully saturated rings. The Bertz CT molecular complexity index is 886. The second-order valence-corrected chi connectivity index (χ2v) is 7.24. The van der Waals surface area contributed by atoms with E-state index in [1.165, 1.54) is 6.20 Å². The number of nitrogens with one attached hydrogen (secondary N) is 1. The van der Waals surface area contributed by atoms with Crippen molar-refractivity contribution in [3.05, 3.63) is 52.7 Å². The van der Waals surface area contributed by atoms with E-state index in [0.29, 0.717) is 31.1 Å². The molecule has 0 spiro atoms. The van der Waals surface area contributed by atoms with Gasteiger partial charge >= 0.3 is 5.69 Å². The first-order chi connectivity index (χ1) is 12.9. The van der Waals surface area contributed by atoms with Crippen LogP contribution in [0.3, 0.4) is 0 Å². The van der Waals surface area contributed by atoms with Crippen molar-refractivity contribution in [2.75, 3.05) is 19.6 Å². The molecular weight excluding hydrogens is 344 g/mol. The van der Waals surface area contributed by atoms with Crippen LogP contribution in [0.5, 0.6) is 0 Å². The molecule has 1 saturated heterocycles. The molecule has 142 valence electrons. The summed E-state index contributed by atoms with van der Waals surface area (Å²) < 4.78 is 0. The average Bonchev–Trinajstić information content (AvgIpc) is 2.65. The monoisotopic (exact) mass is 368 g/mol. The zero-order valence-corrected chi connectivity index (χ0v) is 15.8. The number of hydrogen-bond acceptors (Lipinski definition) is 4. The van der Waals surface area contributed by atoms with Gasteiger partial charge in [-0.3, -0.25) is 9.59 Å². The predicted octanol–water partition coefficient (Wildman–Crippen LogP) is 1.77. The largest absolute Gasteiger partial charge is 0.344 e. The molecule has 1 N–H and O–H groups in total. The first kappa shape index (κ1) is 18.8. The predicted molar refractivity (Wildman–Crippen MR) is 102 cm³/mol. The summed E-state index contributed by atoms with van der Waals surface area (Å²) in [4.78, 5) is 46.5. The normalized spacial score (nSPS) is 17.5. The number of rotatable bonds is 4. The summed E-state index contributed by atoms with van der Waals surface area (Å²) in [5.41, 5.74) is 1.59. The van der Waals surface area contributed by atoms with Crippen LogP contribution in [-0.4, -0.2) is 57.3 Å². The molecule has 2 aromatic rings. The van der Waals surface area contributed by atoms with Crippen LogP contribution in [0.2, 0.25) is 0 Å². The highest BCUT2D eigenvalue weighted by atomic mass is 16.2. The van der Waals surface area contributed by atoms with E-state index < -0.39 is 11.7 Å². The SMILES string of the molecule is CC(C)CN1CCN(C(=O)c2cccc(-c3cnc(=O)[nH]c3)c2)C(C)C1=O. The van der Waals surface area contributed by atoms with Crippen molar-refractivity contribution in [1.82, 2.24) is 19.8 Å². The Hall–Kier alpha value is -2.96. The maximum Gasteiger partial charge on any atom is 0.344 e. The molecule has 2 amide bonds. The van der Waals surface area contributed by atoms with Crippen LogP contribution in [-0.2, 0) is 4.79 Å². The Kier molecular flexibility index (Phi) is 5.39. The number of nitrogens with zero attached hydrogens (tertiary/aromatic N) is 3. The van der Waals surface area contributed by atoms with Crippen molar-refractivity contribution in [2.45, 2.75) is 26.8 Å². The quantitative estimate of drug-likeness (QED) is 0.891. The molecule has 0 saturated carbocycles. The summed E-state index contributed by atoms with van der Waals surface area (Å²) in [6, 6.07) is 6.65. The van der Waals surface area contributed by atoms with E-state index in [9.17, 15) is 14.4 Å². The number of piperazine rings is 1. The third-order valence-electron chi connectivity index (χ3n) is 4.71. The Labute approximate surface area is 158 Å². The minimum Gasteiger partial charge on any atom is -0.339 e. The highest BCUT2D eigenvalue weighted by molar-refractivity contribution is 5.99. The molecule has 1 atom stereocenters. The number of carbonyl (C=O) groups excluding carboxylic acids is 2. The van der Waals surface area contributed by atoms with Gasteiger partial charge in [0.1, 0.15) is 6.04 Å². The maximum absolute atomic E-state index is 13.0. The second kappa shape index (κ2) is 7.73. The van der Waals surface area contributed by atoms with Gasteiger partial charge in [0.15, 0.2) is 0 Å². The van der Waals surface area contributed by atoms with E-state index >= 15 is 0 Å². The van der Waals surface area contributed by atoms with E-state index in [2.05, 4.69) is 23.8 Å². The van der Waals surface area contributed by atoms with Crippen molar-refractivity contribution in [3.63, 3.8) is 0 Å². The summed E-state index contributed by atoms with van der Waals surface area (Å²) >= 11 is 0. The van der Waals surface area contributed by atoms with Crippen LogP contribution in [0.1, 0.15) is 31.1 Å². The molecule has 1 unspecified atom stereocenters. The highest BCUT2D eigenvalue weighted by Crippen LogP contribution is 2.21. The fourth-order valence-corrected chi connectivity index (χ4v) is 3.33. The lowest BCUT2D eigenvalue weighted by Crippen LogP contribution is -2.58. The minimum absolute atomic E-state index is 0.00992. The molecular formula is C20H24N4O3. The zero-order valence-electron chi connectivity index (χ0n) is 15.8. The van der Waals surface area contributed by atoms with Gasteiger partial charge in [-0.05, 0) is 30.5 Å². The lowest BCUT2D eigenvalue weighted by molar-refractivity contribution is -0.140. The van der Waals surface area contributed by atoms with E-state index in [4.69, 9.17) is 0 Å². The van der Waals surface area contributed by atoms with Gasteiger partial charge in [-0.15, -0.1) is 0 Å². The fourth-order valence-electron chi connectivity index (χ4n) is 3.33. The van der Waals surface area contributed by atoms with Crippen LogP contribution >= 0.6 is 0 Å². The smallest absolute Gasteiger partial charge is 0.339 e. The van der Waals surface area contributed by atoms with Crippen molar-refractivity contribution in [2.24, 2.45) is 5.92 Å². The second-order valence-electron chi connectivity index (χ2n) is 7.24. The highest BCUT2D eigenvalue weighted by Gasteiger charge is 2.34. The summed E-state index contributed by atoms with van der Waals surface area (Å²) in [7, 11) is 0. The first-order valence-corrected chi connectivity index (χ1v) is 9.11. The van der Waals surface area contributed by atoms with Crippen molar-refractivity contribution >= 4 is 11.8 Å². The van der Waals surface area contributed by atoms with Crippen LogP contribution in [0, 0.1) is 5.92 Å². The maximum atomic E-state index is 13.0. The van der Waals surface area contributed by atoms with Gasteiger partial charge in [-0.1, -0.05) is 26.0 Å². The van der Waals surface area contributed by atoms with Crippen LogP contribution < -0.4 is 5.69 Å². The summed E-state index contributed by atoms with van der Waals surface area (Å²) in [5.74, 6) is 0.217. The average molecular weight is 368 g/mol. The van der Waals surface area contributed by atoms with E-state index in [1.807, 2.05) is 11.0 Å². The van der Waals surface area contributed by atoms with Crippen molar-refractivity contribution in [3.8, 4) is 11.1 Å². The molecule has 0 radical (unpaired) electrons. The van der Waals surface area contributed by atoms with Crippen LogP contribution in [0.25, 0.3) is 11.1 Å². The Morgan fingerprint density at radius 2 is 2.04 bits per heavy atom. The van der Waals surface area contributed by atoms with Gasteiger partial charge in [0.25, 0.3) is 5.91 Å². The molecule has 7 heteroatoms. The van der Waals surface area contributed by atoms with Crippen molar-refractivity contribution < 1.29 is 9.59 Å². The lowest BCUT2D eigenvalue weighted by Gasteiger charge is -2.39. The summed E-state index contributed by atoms with van der Waals surface area (Å²) in [6.07, 6.45) is 3.04. The molecule has 1 aromatic heterocycles. The lowest BCUT2D eigenvalue weighted by atomic mass is 10.0. The van der Waals surface area contributed by atoms with Gasteiger partial charge in [0, 0.05) is 43.2 Å². The topological polar surface area (TPSA) is 86.4 Å². The van der Waals surface area contributed by atoms with Gasteiger partial charge in [0.05, 0.1) is 0 Å². The standard InChI is InChI=1S/C20H24N4O3/c1-13(2)12-23-7-8-24(14(3)18(23)25)19(26)16-6-4-5-15(9-16)17-10-21-20(27)22-11-17/h4-6,9-11,13-14H,7-8,12H2,1-3H3,(H,21,22,27). The third-order valence-corrected chi connectivity index (χ3v) is 4.71. The number of amides is 2. The number of carbonyl (C=O) groups is 2. The zero-order chi connectivity index (χ0) is 19.6. The van der Waals surface area contributed by atoms with E-state index in [-0.39, 0.29) is 11.8 Å². The molecule has 7 nitrogen and oxygen atoms in total. The van der Waals surface area contributed by atoms with Gasteiger partial charge in [-0.2, -0.15) is 0 Å². The Morgan fingerprint density at radius 1 is 1.26 bits per heavy atom. The van der Waals surface area contributed by atoms with Gasteiger partial charge in [-0.25, -0.2) is 9.78 Å². The number of aromatic nitrogens is 2. The third kappa shape index (κ3) is 4.07. The molecule has 1 aromatic carbocycles. The van der Waals surface area contributed by atoms with Crippen molar-refractivity contribution in [1.29, 1.82) is 0 Å². The summed E-state index contributed by atoms with van der Waals surface area (Å²) in [5, 5.41) is 0. The molecule has 1 aliphatic heterocycles. The molecule has 3 rings (SSSR count). The molecule has 27 heavy (non-hydrogen) atoms. The van der Waals surface area contributed by atoms with Gasteiger partial charge < -0.3 is 14.8 Å². The Balaban J connectivity index is 1.80. The van der Waals surface area contributed by atoms with Crippen LogP contribution in [0.15, 0.2) is 41.5 Å². The number of hydrogen-bond donors (Lipinski definition) is 1. The number of H-pyrrole nitrogens is 1. The number of aromatic amines is 1. The number of benzene rings is 1. The minimum atomic E-state index is -0.483. The molecule has 0 bridgehead atoms. The van der Waals surface area contributed by atoms with Crippen LogP contribution in [0.4, 0.5) is 0 Å². The fraction of sp³-hybridized carbons (Fsp3) is 0.400. The molecule has 1 aliphatic rings. The van der Waals surface area contributed by atoms with E-state index in [0.717, 1.165) is 11.1 Å². The van der Waals surface area contributed by atoms with Gasteiger partial charge in [0.2, 0.25) is 5.91 Å². The summed E-state index contributed by atoms with van der Waals surface area (Å²) in [6.45, 7) is 7.71. The first-order valence-electron chi connectivity index (χ1n) is 9.11.